The zero-order valence-corrected chi connectivity index (χ0v) is 10.7. The van der Waals surface area contributed by atoms with Crippen molar-refractivity contribution in [3.05, 3.63) is 0 Å². The van der Waals surface area contributed by atoms with Crippen LogP contribution in [-0.2, 0) is 9.47 Å². The Hall–Kier alpha value is -0.580. The van der Waals surface area contributed by atoms with E-state index in [2.05, 4.69) is 9.47 Å². The molecule has 2 N–H and O–H groups in total. The third kappa shape index (κ3) is 7.27. The molecule has 0 saturated heterocycles. The summed E-state index contributed by atoms with van der Waals surface area (Å²) in [6.07, 6.45) is -17.0. The average Bonchev–Trinajstić information content (AvgIpc) is 2.29. The highest BCUT2D eigenvalue weighted by molar-refractivity contribution is 4.69. The first kappa shape index (κ1) is 19.4. The number of aliphatic hydroxyl groups excluding tert-OH is 2. The second-order valence-corrected chi connectivity index (χ2v) is 4.19. The number of hydrogen-bond acceptors (Lipinski definition) is 4. The molecular weight excluding hydrogens is 298 g/mol. The molecule has 10 heteroatoms. The smallest absolute Gasteiger partial charge is 0.382 e. The number of ether oxygens (including phenoxy) is 2. The van der Waals surface area contributed by atoms with E-state index >= 15 is 0 Å². The van der Waals surface area contributed by atoms with Crippen LogP contribution in [0.1, 0.15) is 13.8 Å². The lowest BCUT2D eigenvalue weighted by molar-refractivity contribution is -0.233. The Balaban J connectivity index is 4.08. The molecule has 4 atom stereocenters. The Labute approximate surface area is 111 Å². The minimum absolute atomic E-state index is 0.993. The molecule has 0 fully saturated rings. The molecule has 0 rings (SSSR count). The molecule has 0 amide bonds. The summed E-state index contributed by atoms with van der Waals surface area (Å²) >= 11 is 0. The molecule has 0 heterocycles. The van der Waals surface area contributed by atoms with Gasteiger partial charge in [0.1, 0.15) is 0 Å². The van der Waals surface area contributed by atoms with Crippen molar-refractivity contribution < 1.29 is 46.0 Å². The number of halogens is 6. The summed E-state index contributed by atoms with van der Waals surface area (Å²) < 4.78 is 81.1. The Bertz CT molecular complexity index is 252. The second kappa shape index (κ2) is 7.43. The molecule has 122 valence electrons. The highest BCUT2D eigenvalue weighted by Gasteiger charge is 2.40. The zero-order chi connectivity index (χ0) is 16.1. The summed E-state index contributed by atoms with van der Waals surface area (Å²) in [5.41, 5.74) is 0. The van der Waals surface area contributed by atoms with Gasteiger partial charge in [0.15, 0.2) is 12.2 Å². The third-order valence-electron chi connectivity index (χ3n) is 2.45. The van der Waals surface area contributed by atoms with Crippen molar-refractivity contribution in [2.45, 2.75) is 50.6 Å². The van der Waals surface area contributed by atoms with Gasteiger partial charge in [0.25, 0.3) is 0 Å². The topological polar surface area (TPSA) is 58.9 Å². The van der Waals surface area contributed by atoms with Gasteiger partial charge in [0, 0.05) is 0 Å². The Kier molecular flexibility index (Phi) is 7.22. The molecule has 0 aliphatic carbocycles. The van der Waals surface area contributed by atoms with Gasteiger partial charge >= 0.3 is 12.4 Å². The van der Waals surface area contributed by atoms with Crippen LogP contribution < -0.4 is 0 Å². The van der Waals surface area contributed by atoms with Crippen LogP contribution in [0.15, 0.2) is 0 Å². The van der Waals surface area contributed by atoms with Gasteiger partial charge in [-0.05, 0) is 13.8 Å². The maximum absolute atomic E-state index is 12.0. The molecule has 0 aromatic carbocycles. The predicted octanol–water partition coefficient (Wildman–Crippen LogP) is 1.64. The molecule has 4 nitrogen and oxygen atoms in total. The first-order chi connectivity index (χ1) is 8.85. The van der Waals surface area contributed by atoms with Gasteiger partial charge in [-0.2, -0.15) is 26.3 Å². The fraction of sp³-hybridized carbons (Fsp3) is 1.00. The van der Waals surface area contributed by atoms with E-state index in [9.17, 15) is 26.3 Å². The van der Waals surface area contributed by atoms with E-state index in [4.69, 9.17) is 10.2 Å². The third-order valence-corrected chi connectivity index (χ3v) is 2.45. The molecule has 20 heavy (non-hydrogen) atoms. The number of rotatable bonds is 7. The van der Waals surface area contributed by atoms with Gasteiger partial charge in [-0.25, -0.2) is 0 Å². The molecule has 0 aliphatic rings. The van der Waals surface area contributed by atoms with E-state index in [1.807, 2.05) is 0 Å². The second-order valence-electron chi connectivity index (χ2n) is 4.19. The maximum atomic E-state index is 12.0. The van der Waals surface area contributed by atoms with E-state index in [0.717, 1.165) is 0 Å². The van der Waals surface area contributed by atoms with Crippen LogP contribution in [0, 0.1) is 0 Å². The minimum Gasteiger partial charge on any atom is -0.382 e. The quantitative estimate of drug-likeness (QED) is 0.702. The van der Waals surface area contributed by atoms with E-state index in [-0.39, 0.29) is 0 Å². The SMILES string of the molecule is CC(OCC(O)C(F)(F)F)C(C)OCC(O)C(F)(F)F. The number of alkyl halides is 6. The summed E-state index contributed by atoms with van der Waals surface area (Å²) in [5, 5.41) is 17.3. The summed E-state index contributed by atoms with van der Waals surface area (Å²) in [6.45, 7) is 0.432. The Morgan fingerprint density at radius 1 is 0.750 bits per heavy atom. The van der Waals surface area contributed by atoms with E-state index < -0.39 is 50.0 Å². The maximum Gasteiger partial charge on any atom is 0.416 e. The molecular formula is C10H16F6O4. The van der Waals surface area contributed by atoms with Crippen molar-refractivity contribution in [2.75, 3.05) is 13.2 Å². The standard InChI is InChI=1S/C10H16F6O4/c1-5(19-3-7(17)9(11,12)13)6(2)20-4-8(18)10(14,15)16/h5-8,17-18H,3-4H2,1-2H3. The monoisotopic (exact) mass is 314 g/mol. The largest absolute Gasteiger partial charge is 0.416 e. The molecule has 0 spiro atoms. The van der Waals surface area contributed by atoms with Crippen molar-refractivity contribution in [3.8, 4) is 0 Å². The summed E-state index contributed by atoms with van der Waals surface area (Å²) in [4.78, 5) is 0. The summed E-state index contributed by atoms with van der Waals surface area (Å²) in [5.74, 6) is 0. The fourth-order valence-corrected chi connectivity index (χ4v) is 0.946. The predicted molar refractivity (Wildman–Crippen MR) is 55.0 cm³/mol. The molecule has 0 bridgehead atoms. The van der Waals surface area contributed by atoms with E-state index in [0.29, 0.717) is 0 Å². The first-order valence-electron chi connectivity index (χ1n) is 5.58. The molecule has 4 unspecified atom stereocenters. The Morgan fingerprint density at radius 3 is 1.20 bits per heavy atom. The summed E-state index contributed by atoms with van der Waals surface area (Å²) in [6, 6.07) is 0. The van der Waals surface area contributed by atoms with Crippen molar-refractivity contribution in [1.29, 1.82) is 0 Å². The van der Waals surface area contributed by atoms with Gasteiger partial charge in [0.05, 0.1) is 25.4 Å². The van der Waals surface area contributed by atoms with Crippen LogP contribution >= 0.6 is 0 Å². The van der Waals surface area contributed by atoms with Gasteiger partial charge < -0.3 is 19.7 Å². The van der Waals surface area contributed by atoms with E-state index in [1.165, 1.54) is 13.8 Å². The van der Waals surface area contributed by atoms with Crippen LogP contribution in [0.4, 0.5) is 26.3 Å². The van der Waals surface area contributed by atoms with Gasteiger partial charge in [-0.1, -0.05) is 0 Å². The van der Waals surface area contributed by atoms with Crippen molar-refractivity contribution >= 4 is 0 Å². The first-order valence-corrected chi connectivity index (χ1v) is 5.58. The van der Waals surface area contributed by atoms with Crippen LogP contribution in [0.25, 0.3) is 0 Å². The lowest BCUT2D eigenvalue weighted by atomic mass is 10.2. The lowest BCUT2D eigenvalue weighted by Gasteiger charge is -2.24. The van der Waals surface area contributed by atoms with Crippen LogP contribution in [0.2, 0.25) is 0 Å². The average molecular weight is 314 g/mol. The molecule has 0 radical (unpaired) electrons. The highest BCUT2D eigenvalue weighted by atomic mass is 19.4. The van der Waals surface area contributed by atoms with Gasteiger partial charge in [-0.15, -0.1) is 0 Å². The minimum atomic E-state index is -4.84. The lowest BCUT2D eigenvalue weighted by Crippen LogP contribution is -2.39. The molecule has 0 aromatic rings. The van der Waals surface area contributed by atoms with E-state index in [1.54, 1.807) is 0 Å². The fourth-order valence-electron chi connectivity index (χ4n) is 0.946. The molecule has 0 aliphatic heterocycles. The normalized spacial score (nSPS) is 19.5. The number of hydrogen-bond donors (Lipinski definition) is 2. The Morgan fingerprint density at radius 2 is 1.00 bits per heavy atom. The highest BCUT2D eigenvalue weighted by Crippen LogP contribution is 2.22. The van der Waals surface area contributed by atoms with Crippen molar-refractivity contribution in [1.82, 2.24) is 0 Å². The van der Waals surface area contributed by atoms with Crippen molar-refractivity contribution in [3.63, 3.8) is 0 Å². The van der Waals surface area contributed by atoms with Gasteiger partial charge in [0.2, 0.25) is 0 Å². The molecule has 0 aromatic heterocycles. The number of aliphatic hydroxyl groups is 2. The zero-order valence-electron chi connectivity index (χ0n) is 10.7. The van der Waals surface area contributed by atoms with Crippen LogP contribution in [0.3, 0.4) is 0 Å². The molecule has 0 saturated carbocycles. The van der Waals surface area contributed by atoms with Crippen LogP contribution in [0.5, 0.6) is 0 Å². The van der Waals surface area contributed by atoms with Crippen molar-refractivity contribution in [2.24, 2.45) is 0 Å². The summed E-state index contributed by atoms with van der Waals surface area (Å²) in [7, 11) is 0. The van der Waals surface area contributed by atoms with Crippen LogP contribution in [-0.4, -0.2) is 60.2 Å². The van der Waals surface area contributed by atoms with Gasteiger partial charge in [-0.3, -0.25) is 0 Å².